The van der Waals surface area contributed by atoms with Gasteiger partial charge < -0.3 is 10.6 Å². The van der Waals surface area contributed by atoms with Gasteiger partial charge in [0.1, 0.15) is 6.61 Å². The summed E-state index contributed by atoms with van der Waals surface area (Å²) < 4.78 is 0. The zero-order valence-electron chi connectivity index (χ0n) is 7.20. The van der Waals surface area contributed by atoms with Crippen LogP contribution in [-0.2, 0) is 4.84 Å². The lowest BCUT2D eigenvalue weighted by molar-refractivity contribution is 0.150. The van der Waals surface area contributed by atoms with Crippen LogP contribution in [0, 0.1) is 5.92 Å². The number of oxime groups is 1. The predicted molar refractivity (Wildman–Crippen MR) is 47.0 cm³/mol. The second-order valence-electron chi connectivity index (χ2n) is 3.43. The highest BCUT2D eigenvalue weighted by molar-refractivity contribution is 5.91. The molecule has 2 heterocycles. The van der Waals surface area contributed by atoms with E-state index < -0.39 is 0 Å². The van der Waals surface area contributed by atoms with E-state index in [2.05, 4.69) is 10.1 Å². The Morgan fingerprint density at radius 3 is 3.17 bits per heavy atom. The van der Waals surface area contributed by atoms with E-state index in [4.69, 9.17) is 10.6 Å². The number of nitrogens with zero attached hydrogens (tertiary/aromatic N) is 2. The fraction of sp³-hybridized carbons (Fsp3) is 0.875. The van der Waals surface area contributed by atoms with Crippen LogP contribution in [0.4, 0.5) is 0 Å². The van der Waals surface area contributed by atoms with Crippen molar-refractivity contribution in [1.82, 2.24) is 4.90 Å². The van der Waals surface area contributed by atoms with Gasteiger partial charge in [0.15, 0.2) is 0 Å². The quantitative estimate of drug-likeness (QED) is 0.464. The molecule has 0 spiro atoms. The highest BCUT2D eigenvalue weighted by atomic mass is 16.6. The smallest absolute Gasteiger partial charge is 0.129 e. The van der Waals surface area contributed by atoms with Crippen molar-refractivity contribution in [3.05, 3.63) is 0 Å². The minimum atomic E-state index is 0.538. The van der Waals surface area contributed by atoms with Crippen LogP contribution in [-0.4, -0.2) is 43.4 Å². The summed E-state index contributed by atoms with van der Waals surface area (Å²) in [5, 5.41) is 4.09. The molecule has 0 aliphatic carbocycles. The summed E-state index contributed by atoms with van der Waals surface area (Å²) in [6.07, 6.45) is 1.25. The molecule has 0 radical (unpaired) electrons. The lowest BCUT2D eigenvalue weighted by Gasteiger charge is -2.12. The molecule has 68 valence electrons. The van der Waals surface area contributed by atoms with Crippen LogP contribution in [0.3, 0.4) is 0 Å². The third kappa shape index (κ3) is 1.44. The van der Waals surface area contributed by atoms with E-state index in [-0.39, 0.29) is 0 Å². The van der Waals surface area contributed by atoms with Crippen LogP contribution >= 0.6 is 0 Å². The van der Waals surface area contributed by atoms with E-state index >= 15 is 0 Å². The van der Waals surface area contributed by atoms with Crippen LogP contribution in [0.25, 0.3) is 0 Å². The average molecular weight is 169 g/mol. The van der Waals surface area contributed by atoms with Gasteiger partial charge in [0.05, 0.1) is 5.71 Å². The van der Waals surface area contributed by atoms with Crippen LogP contribution in [0.5, 0.6) is 0 Å². The molecule has 0 aromatic rings. The van der Waals surface area contributed by atoms with Gasteiger partial charge >= 0.3 is 0 Å². The molecule has 2 bridgehead atoms. The lowest BCUT2D eigenvalue weighted by atomic mass is 10.0. The monoisotopic (exact) mass is 169 g/mol. The summed E-state index contributed by atoms with van der Waals surface area (Å²) in [5.41, 5.74) is 6.50. The molecule has 2 atom stereocenters. The Hall–Kier alpha value is -0.610. The van der Waals surface area contributed by atoms with Gasteiger partial charge in [-0.15, -0.1) is 0 Å². The average Bonchev–Trinajstić information content (AvgIpc) is 2.65. The third-order valence-corrected chi connectivity index (χ3v) is 2.52. The molecule has 0 amide bonds. The summed E-state index contributed by atoms with van der Waals surface area (Å²) >= 11 is 0. The van der Waals surface area contributed by atoms with Crippen molar-refractivity contribution in [3.8, 4) is 0 Å². The highest BCUT2D eigenvalue weighted by Gasteiger charge is 2.35. The van der Waals surface area contributed by atoms with Crippen LogP contribution in [0.1, 0.15) is 6.42 Å². The van der Waals surface area contributed by atoms with Gasteiger partial charge in [-0.05, 0) is 13.0 Å². The molecular weight excluding hydrogens is 154 g/mol. The second-order valence-corrected chi connectivity index (χ2v) is 3.43. The van der Waals surface area contributed by atoms with Gasteiger partial charge in [-0.2, -0.15) is 0 Å². The van der Waals surface area contributed by atoms with Gasteiger partial charge in [-0.3, -0.25) is 4.90 Å². The summed E-state index contributed by atoms with van der Waals surface area (Å²) in [5.74, 6) is 0.669. The maximum absolute atomic E-state index is 5.28. The fourth-order valence-electron chi connectivity index (χ4n) is 1.89. The third-order valence-electron chi connectivity index (χ3n) is 2.52. The van der Waals surface area contributed by atoms with Crippen LogP contribution in [0.15, 0.2) is 5.16 Å². The van der Waals surface area contributed by atoms with Gasteiger partial charge in [-0.1, -0.05) is 5.16 Å². The molecule has 2 fully saturated rings. The van der Waals surface area contributed by atoms with Gasteiger partial charge in [0.2, 0.25) is 0 Å². The molecule has 2 aliphatic heterocycles. The van der Waals surface area contributed by atoms with Crippen molar-refractivity contribution in [3.63, 3.8) is 0 Å². The molecule has 2 rings (SSSR count). The van der Waals surface area contributed by atoms with E-state index in [1.54, 1.807) is 0 Å². The minimum absolute atomic E-state index is 0.538. The maximum Gasteiger partial charge on any atom is 0.129 e. The first-order valence-electron chi connectivity index (χ1n) is 4.51. The first-order chi connectivity index (χ1) is 5.90. The zero-order chi connectivity index (χ0) is 8.39. The summed E-state index contributed by atoms with van der Waals surface area (Å²) in [6.45, 7) is 4.52. The molecule has 0 saturated carbocycles. The van der Waals surface area contributed by atoms with E-state index in [0.29, 0.717) is 19.1 Å². The van der Waals surface area contributed by atoms with Crippen molar-refractivity contribution in [2.24, 2.45) is 16.8 Å². The Kier molecular flexibility index (Phi) is 2.28. The van der Waals surface area contributed by atoms with Crippen molar-refractivity contribution < 1.29 is 4.84 Å². The topological polar surface area (TPSA) is 50.9 Å². The zero-order valence-corrected chi connectivity index (χ0v) is 7.20. The molecule has 0 aromatic heterocycles. The first-order valence-corrected chi connectivity index (χ1v) is 4.51. The highest BCUT2D eigenvalue weighted by Crippen LogP contribution is 2.25. The molecule has 2 N–H and O–H groups in total. The SMILES string of the molecule is NCCON=C1CN2CCC1C2. The van der Waals surface area contributed by atoms with Crippen molar-refractivity contribution >= 4 is 5.71 Å². The fourth-order valence-corrected chi connectivity index (χ4v) is 1.89. The maximum atomic E-state index is 5.28. The summed E-state index contributed by atoms with van der Waals surface area (Å²) in [6, 6.07) is 0. The molecular formula is C8H15N3O. The number of hydrogen-bond acceptors (Lipinski definition) is 4. The number of rotatable bonds is 3. The number of fused-ring (bicyclic) bond motifs is 2. The van der Waals surface area contributed by atoms with Crippen LogP contribution in [0.2, 0.25) is 0 Å². The molecule has 0 aromatic carbocycles. The van der Waals surface area contributed by atoms with Crippen molar-refractivity contribution in [1.29, 1.82) is 0 Å². The Morgan fingerprint density at radius 2 is 2.58 bits per heavy atom. The molecule has 2 unspecified atom stereocenters. The first kappa shape index (κ1) is 8.01. The summed E-state index contributed by atoms with van der Waals surface area (Å²) in [4.78, 5) is 7.47. The molecule has 2 aliphatic rings. The number of hydrogen-bond donors (Lipinski definition) is 1. The van der Waals surface area contributed by atoms with E-state index in [9.17, 15) is 0 Å². The van der Waals surface area contributed by atoms with E-state index in [1.807, 2.05) is 0 Å². The number of nitrogens with two attached hydrogens (primary N) is 1. The summed E-state index contributed by atoms with van der Waals surface area (Å²) in [7, 11) is 0. The van der Waals surface area contributed by atoms with Gasteiger partial charge in [0, 0.05) is 25.6 Å². The van der Waals surface area contributed by atoms with E-state index in [1.165, 1.54) is 25.2 Å². The molecule has 4 nitrogen and oxygen atoms in total. The van der Waals surface area contributed by atoms with Gasteiger partial charge in [-0.25, -0.2) is 0 Å². The van der Waals surface area contributed by atoms with E-state index in [0.717, 1.165) is 6.54 Å². The Bertz CT molecular complexity index is 193. The van der Waals surface area contributed by atoms with Crippen LogP contribution < -0.4 is 5.73 Å². The second kappa shape index (κ2) is 3.41. The molecule has 12 heavy (non-hydrogen) atoms. The normalized spacial score (nSPS) is 36.2. The van der Waals surface area contributed by atoms with Gasteiger partial charge in [0.25, 0.3) is 0 Å². The largest absolute Gasteiger partial charge is 0.394 e. The minimum Gasteiger partial charge on any atom is -0.394 e. The number of piperidine rings is 1. The standard InChI is InChI=1S/C8H15N3O/c9-2-4-12-10-8-6-11-3-1-7(8)5-11/h7H,1-6,9H2. The molecule has 4 heteroatoms. The molecule has 2 saturated heterocycles. The van der Waals surface area contributed by atoms with Crippen molar-refractivity contribution in [2.75, 3.05) is 32.8 Å². The lowest BCUT2D eigenvalue weighted by Crippen LogP contribution is -2.23. The predicted octanol–water partition coefficient (Wildman–Crippen LogP) is -0.347. The Balaban J connectivity index is 1.85. The Morgan fingerprint density at radius 1 is 1.67 bits per heavy atom. The Labute approximate surface area is 72.3 Å². The van der Waals surface area contributed by atoms with Crippen molar-refractivity contribution in [2.45, 2.75) is 6.42 Å².